The third-order valence-corrected chi connectivity index (χ3v) is 4.40. The van der Waals surface area contributed by atoms with E-state index in [4.69, 9.17) is 4.74 Å². The summed E-state index contributed by atoms with van der Waals surface area (Å²) in [5, 5.41) is 10.4. The number of hydrogen-bond donors (Lipinski definition) is 2. The molecule has 2 aromatic heterocycles. The molecule has 1 aliphatic rings. The summed E-state index contributed by atoms with van der Waals surface area (Å²) in [5.41, 5.74) is 0.340. The minimum Gasteiger partial charge on any atom is -0.383 e. The van der Waals surface area contributed by atoms with Gasteiger partial charge >= 0.3 is 0 Å². The Balaban J connectivity index is 1.80. The summed E-state index contributed by atoms with van der Waals surface area (Å²) < 4.78 is 6.48. The van der Waals surface area contributed by atoms with Crippen molar-refractivity contribution in [3.8, 4) is 0 Å². The van der Waals surface area contributed by atoms with Crippen molar-refractivity contribution in [1.82, 2.24) is 25.1 Å². The molecule has 0 aliphatic carbocycles. The number of hydrogen-bond acceptors (Lipinski definition) is 6. The standard InChI is InChI=1S/C12H15N5O3S/c1-20-3-2-13-9(18)4-7-6-21-12-15-10-8(5-14-16-10)11(19)17(7)12/h5,7H,2-4,6H2,1H3,(H,13,18)(H,14,16). The fourth-order valence-corrected chi connectivity index (χ4v) is 3.42. The first-order chi connectivity index (χ1) is 10.2. The van der Waals surface area contributed by atoms with Crippen molar-refractivity contribution in [2.75, 3.05) is 26.0 Å². The van der Waals surface area contributed by atoms with Crippen LogP contribution in [0.15, 0.2) is 16.1 Å². The number of carbonyl (C=O) groups excluding carboxylic acids is 1. The van der Waals surface area contributed by atoms with Crippen LogP contribution < -0.4 is 10.9 Å². The molecule has 0 aromatic carbocycles. The normalized spacial score (nSPS) is 17.1. The van der Waals surface area contributed by atoms with Crippen molar-refractivity contribution in [2.24, 2.45) is 0 Å². The number of fused-ring (bicyclic) bond motifs is 2. The Hall–Kier alpha value is -1.87. The number of carbonyl (C=O) groups is 1. The first-order valence-corrected chi connectivity index (χ1v) is 7.53. The molecule has 0 fully saturated rings. The molecule has 8 nitrogen and oxygen atoms in total. The van der Waals surface area contributed by atoms with Gasteiger partial charge in [-0.15, -0.1) is 0 Å². The van der Waals surface area contributed by atoms with Crippen LogP contribution in [0.5, 0.6) is 0 Å². The number of H-pyrrole nitrogens is 1. The largest absolute Gasteiger partial charge is 0.383 e. The number of aromatic amines is 1. The van der Waals surface area contributed by atoms with Crippen LogP contribution in [-0.2, 0) is 9.53 Å². The molecule has 0 saturated heterocycles. The minimum atomic E-state index is -0.174. The van der Waals surface area contributed by atoms with Crippen LogP contribution in [0.25, 0.3) is 11.0 Å². The Morgan fingerprint density at radius 2 is 2.52 bits per heavy atom. The highest BCUT2D eigenvalue weighted by atomic mass is 32.2. The zero-order valence-corrected chi connectivity index (χ0v) is 12.3. The second kappa shape index (κ2) is 5.86. The van der Waals surface area contributed by atoms with Crippen LogP contribution in [0.2, 0.25) is 0 Å². The van der Waals surface area contributed by atoms with E-state index in [0.717, 1.165) is 0 Å². The second-order valence-electron chi connectivity index (χ2n) is 4.71. The van der Waals surface area contributed by atoms with E-state index < -0.39 is 0 Å². The predicted molar refractivity (Wildman–Crippen MR) is 77.4 cm³/mol. The van der Waals surface area contributed by atoms with Crippen LogP contribution in [-0.4, -0.2) is 51.7 Å². The van der Waals surface area contributed by atoms with Gasteiger partial charge in [0.15, 0.2) is 10.8 Å². The molecule has 3 rings (SSSR count). The Morgan fingerprint density at radius 3 is 3.33 bits per heavy atom. The van der Waals surface area contributed by atoms with Crippen LogP contribution in [0.1, 0.15) is 12.5 Å². The summed E-state index contributed by atoms with van der Waals surface area (Å²) in [5.74, 6) is 0.574. The van der Waals surface area contributed by atoms with Crippen molar-refractivity contribution >= 4 is 28.7 Å². The highest BCUT2D eigenvalue weighted by molar-refractivity contribution is 7.99. The fourth-order valence-electron chi connectivity index (χ4n) is 2.29. The van der Waals surface area contributed by atoms with Gasteiger partial charge < -0.3 is 10.1 Å². The number of ether oxygens (including phenoxy) is 1. The van der Waals surface area contributed by atoms with Gasteiger partial charge in [0.1, 0.15) is 5.39 Å². The summed E-state index contributed by atoms with van der Waals surface area (Å²) in [6.07, 6.45) is 1.73. The van der Waals surface area contributed by atoms with Gasteiger partial charge in [-0.3, -0.25) is 19.3 Å². The van der Waals surface area contributed by atoms with E-state index in [0.29, 0.717) is 35.1 Å². The van der Waals surface area contributed by atoms with Crippen LogP contribution >= 0.6 is 11.8 Å². The molecule has 21 heavy (non-hydrogen) atoms. The summed E-state index contributed by atoms with van der Waals surface area (Å²) in [6.45, 7) is 0.939. The topological polar surface area (TPSA) is 102 Å². The molecule has 1 amide bonds. The summed E-state index contributed by atoms with van der Waals surface area (Å²) >= 11 is 1.48. The monoisotopic (exact) mass is 309 g/mol. The average molecular weight is 309 g/mol. The molecule has 0 spiro atoms. The molecular weight excluding hydrogens is 294 g/mol. The van der Waals surface area contributed by atoms with Crippen molar-refractivity contribution in [2.45, 2.75) is 17.6 Å². The van der Waals surface area contributed by atoms with Gasteiger partial charge in [-0.05, 0) is 0 Å². The average Bonchev–Trinajstić information content (AvgIpc) is 3.07. The van der Waals surface area contributed by atoms with E-state index >= 15 is 0 Å². The van der Waals surface area contributed by atoms with E-state index in [1.165, 1.54) is 18.0 Å². The van der Waals surface area contributed by atoms with Crippen molar-refractivity contribution in [3.05, 3.63) is 16.6 Å². The van der Waals surface area contributed by atoms with Gasteiger partial charge in [0.25, 0.3) is 5.56 Å². The zero-order chi connectivity index (χ0) is 14.8. The molecule has 3 heterocycles. The fraction of sp³-hybridized carbons (Fsp3) is 0.500. The van der Waals surface area contributed by atoms with Crippen LogP contribution in [0, 0.1) is 0 Å². The lowest BCUT2D eigenvalue weighted by Crippen LogP contribution is -2.32. The van der Waals surface area contributed by atoms with Gasteiger partial charge in [-0.1, -0.05) is 11.8 Å². The Labute approximate surface area is 124 Å². The van der Waals surface area contributed by atoms with Crippen molar-refractivity contribution < 1.29 is 9.53 Å². The number of amides is 1. The molecule has 2 aromatic rings. The first kappa shape index (κ1) is 14.1. The molecule has 9 heteroatoms. The summed E-state index contributed by atoms with van der Waals surface area (Å²) in [7, 11) is 1.58. The maximum atomic E-state index is 12.4. The van der Waals surface area contributed by atoms with E-state index in [1.807, 2.05) is 0 Å². The molecule has 0 radical (unpaired) electrons. The lowest BCUT2D eigenvalue weighted by Gasteiger charge is -2.13. The number of nitrogens with one attached hydrogen (secondary N) is 2. The van der Waals surface area contributed by atoms with Gasteiger partial charge in [0, 0.05) is 25.8 Å². The lowest BCUT2D eigenvalue weighted by molar-refractivity contribution is -0.121. The van der Waals surface area contributed by atoms with Gasteiger partial charge in [-0.25, -0.2) is 4.98 Å². The zero-order valence-electron chi connectivity index (χ0n) is 11.5. The second-order valence-corrected chi connectivity index (χ2v) is 5.70. The van der Waals surface area contributed by atoms with E-state index in [-0.39, 0.29) is 23.9 Å². The van der Waals surface area contributed by atoms with Crippen LogP contribution in [0.4, 0.5) is 0 Å². The minimum absolute atomic E-state index is 0.0929. The quantitative estimate of drug-likeness (QED) is 0.591. The highest BCUT2D eigenvalue weighted by Crippen LogP contribution is 2.32. The molecule has 1 unspecified atom stereocenters. The van der Waals surface area contributed by atoms with Crippen molar-refractivity contribution in [1.29, 1.82) is 0 Å². The molecule has 2 N–H and O–H groups in total. The van der Waals surface area contributed by atoms with Crippen LogP contribution in [0.3, 0.4) is 0 Å². The van der Waals surface area contributed by atoms with Gasteiger partial charge in [-0.2, -0.15) is 5.10 Å². The molecule has 0 bridgehead atoms. The maximum Gasteiger partial charge on any atom is 0.265 e. The number of aromatic nitrogens is 4. The molecule has 1 aliphatic heterocycles. The predicted octanol–water partition coefficient (Wildman–Crippen LogP) is -0.0809. The Morgan fingerprint density at radius 1 is 1.67 bits per heavy atom. The SMILES string of the molecule is COCCNC(=O)CC1CSc2nc3[nH]ncc3c(=O)n21. The van der Waals surface area contributed by atoms with E-state index in [1.54, 1.807) is 11.7 Å². The third-order valence-electron chi connectivity index (χ3n) is 3.30. The third kappa shape index (κ3) is 2.66. The molecule has 112 valence electrons. The summed E-state index contributed by atoms with van der Waals surface area (Å²) in [4.78, 5) is 28.7. The van der Waals surface area contributed by atoms with Crippen molar-refractivity contribution in [3.63, 3.8) is 0 Å². The van der Waals surface area contributed by atoms with E-state index in [9.17, 15) is 9.59 Å². The maximum absolute atomic E-state index is 12.4. The molecule has 0 saturated carbocycles. The van der Waals surface area contributed by atoms with E-state index in [2.05, 4.69) is 20.5 Å². The Bertz CT molecular complexity index is 725. The number of thioether (sulfide) groups is 1. The smallest absolute Gasteiger partial charge is 0.265 e. The first-order valence-electron chi connectivity index (χ1n) is 6.54. The Kier molecular flexibility index (Phi) is 3.93. The summed E-state index contributed by atoms with van der Waals surface area (Å²) in [6, 6.07) is -0.174. The number of rotatable bonds is 5. The lowest BCUT2D eigenvalue weighted by atomic mass is 10.2. The molecule has 1 atom stereocenters. The highest BCUT2D eigenvalue weighted by Gasteiger charge is 2.28. The molecular formula is C12H15N5O3S. The van der Waals surface area contributed by atoms with Gasteiger partial charge in [0.2, 0.25) is 5.91 Å². The van der Waals surface area contributed by atoms with Gasteiger partial charge in [0.05, 0.1) is 18.8 Å². The number of methoxy groups -OCH3 is 1. The number of nitrogens with zero attached hydrogens (tertiary/aromatic N) is 3.